The van der Waals surface area contributed by atoms with Crippen LogP contribution >= 0.6 is 11.6 Å². The number of nitrogens with zero attached hydrogens (tertiary/aromatic N) is 3. The van der Waals surface area contributed by atoms with Crippen LogP contribution in [0.5, 0.6) is 0 Å². The molecule has 0 spiro atoms. The third kappa shape index (κ3) is 4.46. The summed E-state index contributed by atoms with van der Waals surface area (Å²) in [5.41, 5.74) is 3.16. The quantitative estimate of drug-likeness (QED) is 0.608. The van der Waals surface area contributed by atoms with Gasteiger partial charge in [0.2, 0.25) is 5.95 Å². The van der Waals surface area contributed by atoms with E-state index in [1.165, 1.54) is 0 Å². The molecule has 0 aliphatic rings. The molecule has 0 aliphatic carbocycles. The summed E-state index contributed by atoms with van der Waals surface area (Å²) in [6.45, 7) is 1.63. The summed E-state index contributed by atoms with van der Waals surface area (Å²) in [6, 6.07) is 11.0. The van der Waals surface area contributed by atoms with Crippen molar-refractivity contribution >= 4 is 35.0 Å². The van der Waals surface area contributed by atoms with E-state index >= 15 is 0 Å². The van der Waals surface area contributed by atoms with Gasteiger partial charge in [-0.15, -0.1) is 0 Å². The van der Waals surface area contributed by atoms with Gasteiger partial charge in [-0.2, -0.15) is 4.98 Å². The van der Waals surface area contributed by atoms with Crippen LogP contribution in [0.1, 0.15) is 5.56 Å². The molecule has 0 saturated heterocycles. The zero-order valence-electron chi connectivity index (χ0n) is 13.9. The fourth-order valence-corrected chi connectivity index (χ4v) is 2.40. The van der Waals surface area contributed by atoms with Crippen molar-refractivity contribution in [1.82, 2.24) is 15.0 Å². The summed E-state index contributed by atoms with van der Waals surface area (Å²) in [5, 5.41) is 15.4. The lowest BCUT2D eigenvalue weighted by Crippen LogP contribution is -2.15. The van der Waals surface area contributed by atoms with Crippen molar-refractivity contribution in [3.05, 3.63) is 59.4 Å². The Labute approximate surface area is 155 Å². The predicted octanol–water partition coefficient (Wildman–Crippen LogP) is 3.74. The third-order valence-electron chi connectivity index (χ3n) is 3.51. The minimum atomic E-state index is -0.997. The molecule has 26 heavy (non-hydrogen) atoms. The van der Waals surface area contributed by atoms with Crippen molar-refractivity contribution in [1.29, 1.82) is 0 Å². The molecule has 0 atom stereocenters. The molecule has 1 aromatic carbocycles. The van der Waals surface area contributed by atoms with Gasteiger partial charge in [-0.25, -0.2) is 4.98 Å². The number of rotatable bonds is 6. The maximum atomic E-state index is 10.8. The van der Waals surface area contributed by atoms with Crippen LogP contribution in [0.15, 0.2) is 48.8 Å². The summed E-state index contributed by atoms with van der Waals surface area (Å²) in [6.07, 6.45) is 3.35. The first-order valence-corrected chi connectivity index (χ1v) is 8.17. The minimum Gasteiger partial charge on any atom is -0.480 e. The Kier molecular flexibility index (Phi) is 5.28. The average Bonchev–Trinajstić information content (AvgIpc) is 2.64. The van der Waals surface area contributed by atoms with E-state index in [-0.39, 0.29) is 12.5 Å². The first-order valence-electron chi connectivity index (χ1n) is 7.79. The van der Waals surface area contributed by atoms with E-state index in [2.05, 4.69) is 25.6 Å². The van der Waals surface area contributed by atoms with E-state index in [0.29, 0.717) is 16.5 Å². The number of hydrogen-bond acceptors (Lipinski definition) is 6. The topological polar surface area (TPSA) is 100 Å². The Bertz CT molecular complexity index is 934. The van der Waals surface area contributed by atoms with Crippen LogP contribution in [0.2, 0.25) is 5.02 Å². The van der Waals surface area contributed by atoms with E-state index in [4.69, 9.17) is 16.7 Å². The van der Waals surface area contributed by atoms with Gasteiger partial charge in [-0.05, 0) is 42.8 Å². The van der Waals surface area contributed by atoms with Crippen LogP contribution in [0.4, 0.5) is 17.5 Å². The summed E-state index contributed by atoms with van der Waals surface area (Å²) in [4.78, 5) is 23.6. The number of hydrogen-bond donors (Lipinski definition) is 3. The zero-order chi connectivity index (χ0) is 18.5. The molecule has 2 aromatic heterocycles. The van der Waals surface area contributed by atoms with Crippen LogP contribution in [0.25, 0.3) is 11.3 Å². The van der Waals surface area contributed by atoms with Crippen molar-refractivity contribution in [3.63, 3.8) is 0 Å². The highest BCUT2D eigenvalue weighted by Gasteiger charge is 2.09. The molecule has 3 rings (SSSR count). The number of halogens is 1. The van der Waals surface area contributed by atoms with Crippen LogP contribution in [-0.4, -0.2) is 32.6 Å². The molecule has 0 amide bonds. The predicted molar refractivity (Wildman–Crippen MR) is 101 cm³/mol. The maximum Gasteiger partial charge on any atom is 0.322 e. The highest BCUT2D eigenvalue weighted by atomic mass is 35.5. The van der Waals surface area contributed by atoms with Gasteiger partial charge in [0.25, 0.3) is 0 Å². The molecule has 0 fully saturated rings. The second kappa shape index (κ2) is 7.79. The van der Waals surface area contributed by atoms with Crippen LogP contribution < -0.4 is 10.6 Å². The fraction of sp³-hybridized carbons (Fsp3) is 0.111. The fourth-order valence-electron chi connectivity index (χ4n) is 2.28. The third-order valence-corrected chi connectivity index (χ3v) is 3.94. The van der Waals surface area contributed by atoms with Gasteiger partial charge in [-0.3, -0.25) is 9.78 Å². The summed E-state index contributed by atoms with van der Waals surface area (Å²) in [5.74, 6) is -0.265. The molecule has 0 aliphatic heterocycles. The maximum absolute atomic E-state index is 10.8. The molecular weight excluding hydrogens is 354 g/mol. The van der Waals surface area contributed by atoms with Gasteiger partial charge >= 0.3 is 5.97 Å². The van der Waals surface area contributed by atoms with Gasteiger partial charge < -0.3 is 15.7 Å². The molecule has 3 N–H and O–H groups in total. The van der Waals surface area contributed by atoms with Gasteiger partial charge in [-0.1, -0.05) is 11.6 Å². The Balaban J connectivity index is 1.95. The summed E-state index contributed by atoms with van der Waals surface area (Å²) < 4.78 is 0. The van der Waals surface area contributed by atoms with Crippen LogP contribution in [0, 0.1) is 6.92 Å². The largest absolute Gasteiger partial charge is 0.480 e. The van der Waals surface area contributed by atoms with Crippen molar-refractivity contribution in [2.75, 3.05) is 17.2 Å². The number of carboxylic acid groups (broad SMARTS) is 1. The van der Waals surface area contributed by atoms with Crippen molar-refractivity contribution in [3.8, 4) is 11.3 Å². The van der Waals surface area contributed by atoms with E-state index in [1.807, 2.05) is 25.1 Å². The van der Waals surface area contributed by atoms with E-state index < -0.39 is 5.97 Å². The highest BCUT2D eigenvalue weighted by molar-refractivity contribution is 6.31. The SMILES string of the molecule is Cc1cc(Nc2cc(-c3cccnc3)nc(NCC(=O)O)n2)ccc1Cl. The van der Waals surface area contributed by atoms with Crippen LogP contribution in [-0.2, 0) is 4.79 Å². The minimum absolute atomic E-state index is 0.210. The molecular formula is C18H16ClN5O2. The lowest BCUT2D eigenvalue weighted by Gasteiger charge is -2.11. The number of carboxylic acids is 1. The monoisotopic (exact) mass is 369 g/mol. The number of aromatic nitrogens is 3. The van der Waals surface area contributed by atoms with E-state index in [9.17, 15) is 4.79 Å². The molecule has 0 bridgehead atoms. The molecule has 2 heterocycles. The van der Waals surface area contributed by atoms with Crippen molar-refractivity contribution < 1.29 is 9.90 Å². The number of aryl methyl sites for hydroxylation is 1. The molecule has 8 heteroatoms. The Morgan fingerprint density at radius 3 is 2.77 bits per heavy atom. The van der Waals surface area contributed by atoms with Gasteiger partial charge in [0.15, 0.2) is 0 Å². The first-order chi connectivity index (χ1) is 12.5. The van der Waals surface area contributed by atoms with Crippen molar-refractivity contribution in [2.45, 2.75) is 6.92 Å². The van der Waals surface area contributed by atoms with E-state index in [0.717, 1.165) is 16.8 Å². The Morgan fingerprint density at radius 2 is 2.08 bits per heavy atom. The van der Waals surface area contributed by atoms with Gasteiger partial charge in [0, 0.05) is 34.7 Å². The molecule has 0 unspecified atom stereocenters. The molecule has 7 nitrogen and oxygen atoms in total. The number of anilines is 3. The second-order valence-electron chi connectivity index (χ2n) is 5.54. The smallest absolute Gasteiger partial charge is 0.322 e. The summed E-state index contributed by atoms with van der Waals surface area (Å²) >= 11 is 6.06. The highest BCUT2D eigenvalue weighted by Crippen LogP contribution is 2.25. The summed E-state index contributed by atoms with van der Waals surface area (Å²) in [7, 11) is 0. The number of pyridine rings is 1. The number of carbonyl (C=O) groups is 1. The van der Waals surface area contributed by atoms with Gasteiger partial charge in [0.05, 0.1) is 5.69 Å². The van der Waals surface area contributed by atoms with E-state index in [1.54, 1.807) is 30.6 Å². The average molecular weight is 370 g/mol. The zero-order valence-corrected chi connectivity index (χ0v) is 14.7. The lowest BCUT2D eigenvalue weighted by molar-refractivity contribution is -0.134. The number of benzene rings is 1. The number of aliphatic carboxylic acids is 1. The molecule has 0 radical (unpaired) electrons. The molecule has 132 valence electrons. The molecule has 0 saturated carbocycles. The van der Waals surface area contributed by atoms with Gasteiger partial charge in [0.1, 0.15) is 12.4 Å². The number of nitrogens with one attached hydrogen (secondary N) is 2. The lowest BCUT2D eigenvalue weighted by atomic mass is 10.2. The standard InChI is InChI=1S/C18H16ClN5O2/c1-11-7-13(4-5-14(11)19)22-16-8-15(12-3-2-6-20-9-12)23-18(24-16)21-10-17(25)26/h2-9H,10H2,1H3,(H,25,26)(H2,21,22,23,24). The Morgan fingerprint density at radius 1 is 1.23 bits per heavy atom. The normalized spacial score (nSPS) is 10.4. The van der Waals surface area contributed by atoms with Crippen molar-refractivity contribution in [2.24, 2.45) is 0 Å². The van der Waals surface area contributed by atoms with Crippen LogP contribution in [0.3, 0.4) is 0 Å². The Hall–Kier alpha value is -3.19. The second-order valence-corrected chi connectivity index (χ2v) is 5.95. The first kappa shape index (κ1) is 17.6. The molecule has 3 aromatic rings.